The summed E-state index contributed by atoms with van der Waals surface area (Å²) in [4.78, 5) is 0. The molecule has 9 heavy (non-hydrogen) atoms. The summed E-state index contributed by atoms with van der Waals surface area (Å²) in [5, 5.41) is 0. The molecule has 0 atom stereocenters. The third-order valence-corrected chi connectivity index (χ3v) is 1.56. The van der Waals surface area contributed by atoms with Crippen LogP contribution in [-0.4, -0.2) is 37.9 Å². The van der Waals surface area contributed by atoms with E-state index in [1.54, 1.807) is 0 Å². The van der Waals surface area contributed by atoms with E-state index in [0.29, 0.717) is 0 Å². The monoisotopic (exact) mass is 150 g/mol. The minimum absolute atomic E-state index is 1.12. The van der Waals surface area contributed by atoms with Crippen molar-refractivity contribution < 1.29 is 0 Å². The van der Waals surface area contributed by atoms with E-state index in [0.717, 1.165) is 35.3 Å². The van der Waals surface area contributed by atoms with Crippen molar-refractivity contribution in [2.24, 2.45) is 0 Å². The molecular weight excluding hydrogens is 136 g/mol. The third-order valence-electron chi connectivity index (χ3n) is 1.56. The molecule has 0 aromatic heterocycles. The first-order chi connectivity index (χ1) is 4.39. The van der Waals surface area contributed by atoms with Crippen LogP contribution in [0, 0.1) is 0 Å². The molecule has 0 amide bonds. The fraction of sp³-hybridized carbons (Fsp3) is 0.625. The summed E-state index contributed by atoms with van der Waals surface area (Å²) in [6.45, 7) is 3.91. The van der Waals surface area contributed by atoms with Gasteiger partial charge in [-0.15, -0.1) is 0 Å². The second-order valence-corrected chi connectivity index (χ2v) is 2.31. The molecule has 0 nitrogen and oxygen atoms in total. The normalized spacial score (nSPS) is 18.2. The van der Waals surface area contributed by atoms with Gasteiger partial charge in [-0.05, 0) is 25.7 Å². The first-order valence-electron chi connectivity index (χ1n) is 3.56. The molecule has 1 aliphatic rings. The van der Waals surface area contributed by atoms with Crippen LogP contribution in [0.1, 0.15) is 32.1 Å². The van der Waals surface area contributed by atoms with Crippen LogP contribution < -0.4 is 0 Å². The van der Waals surface area contributed by atoms with Gasteiger partial charge in [-0.2, -0.15) is 0 Å². The Kier molecular flexibility index (Phi) is 7.66. The SMILES string of the molecule is C=C1CCCCC1.[CH2]=[Ca]. The molecule has 0 heterocycles. The molecule has 1 fully saturated rings. The van der Waals surface area contributed by atoms with Crippen molar-refractivity contribution in [3.8, 4) is 0 Å². The minimum atomic E-state index is 1.12. The molecule has 0 spiro atoms. The number of rotatable bonds is 0. The number of hydrogen-bond acceptors (Lipinski definition) is 0. The molecule has 0 aromatic carbocycles. The van der Waals surface area contributed by atoms with Gasteiger partial charge in [0.25, 0.3) is 0 Å². The molecule has 1 heteroatoms. The van der Waals surface area contributed by atoms with Gasteiger partial charge in [0.15, 0.2) is 0 Å². The molecule has 1 saturated carbocycles. The van der Waals surface area contributed by atoms with E-state index in [-0.39, 0.29) is 0 Å². The molecule has 0 aromatic rings. The molecule has 48 valence electrons. The van der Waals surface area contributed by atoms with Crippen LogP contribution in [0.4, 0.5) is 0 Å². The Morgan fingerprint density at radius 1 is 1.00 bits per heavy atom. The van der Waals surface area contributed by atoms with Gasteiger partial charge >= 0.3 is 37.9 Å². The number of hydrogen-bond donors (Lipinski definition) is 0. The zero-order valence-corrected chi connectivity index (χ0v) is 8.37. The molecule has 0 radical (unpaired) electrons. The first kappa shape index (κ1) is 9.87. The van der Waals surface area contributed by atoms with Crippen LogP contribution in [0.3, 0.4) is 0 Å². The zero-order chi connectivity index (χ0) is 7.11. The van der Waals surface area contributed by atoms with E-state index < -0.39 is 0 Å². The Morgan fingerprint density at radius 2 is 1.44 bits per heavy atom. The van der Waals surface area contributed by atoms with Crippen molar-refractivity contribution in [2.45, 2.75) is 32.1 Å². The van der Waals surface area contributed by atoms with Crippen molar-refractivity contribution in [1.82, 2.24) is 0 Å². The predicted molar refractivity (Wildman–Crippen MR) is 45.1 cm³/mol. The van der Waals surface area contributed by atoms with E-state index >= 15 is 0 Å². The molecule has 0 N–H and O–H groups in total. The standard InChI is InChI=1S/C7H12.CH2.Ca/c1-7-5-3-2-4-6-7;;/h1-6H2;1H2;. The van der Waals surface area contributed by atoms with Crippen molar-refractivity contribution in [2.75, 3.05) is 0 Å². The van der Waals surface area contributed by atoms with E-state index in [1.807, 2.05) is 0 Å². The van der Waals surface area contributed by atoms with Gasteiger partial charge in [0, 0.05) is 0 Å². The Bertz CT molecular complexity index is 78.6. The first-order valence-corrected chi connectivity index (χ1v) is 5.12. The Hall–Kier alpha value is 0.870. The van der Waals surface area contributed by atoms with Crippen LogP contribution in [-0.2, 0) is 0 Å². The van der Waals surface area contributed by atoms with Crippen molar-refractivity contribution >= 4 is 37.9 Å². The van der Waals surface area contributed by atoms with Crippen molar-refractivity contribution in [3.05, 3.63) is 12.2 Å². The van der Waals surface area contributed by atoms with Gasteiger partial charge in [-0.3, -0.25) is 0 Å². The van der Waals surface area contributed by atoms with Crippen LogP contribution in [0.5, 0.6) is 0 Å². The molecule has 1 aliphatic carbocycles. The summed E-state index contributed by atoms with van der Waals surface area (Å²) in [6, 6.07) is 0. The summed E-state index contributed by atoms with van der Waals surface area (Å²) in [5.74, 6) is 0. The Labute approximate surface area is 81.4 Å². The van der Waals surface area contributed by atoms with Crippen LogP contribution >= 0.6 is 0 Å². The van der Waals surface area contributed by atoms with E-state index in [2.05, 4.69) is 9.17 Å². The predicted octanol–water partition coefficient (Wildman–Crippen LogP) is 2.09. The number of allylic oxidation sites excluding steroid dienone is 1. The second-order valence-electron chi connectivity index (χ2n) is 2.31. The Morgan fingerprint density at radius 3 is 1.67 bits per heavy atom. The van der Waals surface area contributed by atoms with Gasteiger partial charge in [0.2, 0.25) is 0 Å². The molecule has 0 aliphatic heterocycles. The fourth-order valence-corrected chi connectivity index (χ4v) is 1.05. The maximum absolute atomic E-state index is 3.91. The van der Waals surface area contributed by atoms with Gasteiger partial charge in [0.05, 0.1) is 0 Å². The molecule has 0 saturated heterocycles. The Balaban J connectivity index is 0.000000291. The summed E-state index contributed by atoms with van der Waals surface area (Å²) in [6.07, 6.45) is 6.79. The topological polar surface area (TPSA) is 0 Å². The molecular formula is C8H14Ca. The molecule has 1 rings (SSSR count). The summed E-state index contributed by atoms with van der Waals surface area (Å²) in [5.41, 5.74) is 1.46. The van der Waals surface area contributed by atoms with E-state index in [1.165, 1.54) is 37.7 Å². The second kappa shape index (κ2) is 6.98. The molecule has 0 unspecified atom stereocenters. The van der Waals surface area contributed by atoms with Crippen molar-refractivity contribution in [1.29, 1.82) is 0 Å². The van der Waals surface area contributed by atoms with Crippen LogP contribution in [0.2, 0.25) is 0 Å². The van der Waals surface area contributed by atoms with E-state index in [4.69, 9.17) is 0 Å². The van der Waals surface area contributed by atoms with Gasteiger partial charge in [0.1, 0.15) is 0 Å². The van der Waals surface area contributed by atoms with E-state index in [9.17, 15) is 0 Å². The molecule has 0 bridgehead atoms. The summed E-state index contributed by atoms with van der Waals surface area (Å²) >= 11 is 1.12. The van der Waals surface area contributed by atoms with Crippen molar-refractivity contribution in [3.63, 3.8) is 0 Å². The average molecular weight is 150 g/mol. The van der Waals surface area contributed by atoms with Gasteiger partial charge < -0.3 is 0 Å². The average Bonchev–Trinajstić information content (AvgIpc) is 1.94. The van der Waals surface area contributed by atoms with Crippen LogP contribution in [0.15, 0.2) is 12.2 Å². The third kappa shape index (κ3) is 5.32. The summed E-state index contributed by atoms with van der Waals surface area (Å²) < 4.78 is 3.38. The van der Waals surface area contributed by atoms with Crippen LogP contribution in [0.25, 0.3) is 0 Å². The fourth-order valence-electron chi connectivity index (χ4n) is 1.05. The zero-order valence-electron chi connectivity index (χ0n) is 6.16. The quantitative estimate of drug-likeness (QED) is 0.366. The van der Waals surface area contributed by atoms with Gasteiger partial charge in [-0.1, -0.05) is 18.6 Å². The maximum atomic E-state index is 3.91. The summed E-state index contributed by atoms with van der Waals surface area (Å²) in [7, 11) is 0. The van der Waals surface area contributed by atoms with Gasteiger partial charge in [-0.25, -0.2) is 0 Å².